The molecule has 0 radical (unpaired) electrons. The lowest BCUT2D eigenvalue weighted by molar-refractivity contribution is -0.0495. The minimum atomic E-state index is -0.550. The Balaban J connectivity index is 3.27. The first kappa shape index (κ1) is 21.7. The van der Waals surface area contributed by atoms with Gasteiger partial charge in [-0.1, -0.05) is 6.92 Å². The van der Waals surface area contributed by atoms with Crippen LogP contribution < -0.4 is 0 Å². The van der Waals surface area contributed by atoms with Gasteiger partial charge in [0.15, 0.2) is 0 Å². The number of rotatable bonds is 17. The fourth-order valence-electron chi connectivity index (χ4n) is 1.56. The number of aliphatic hydroxyl groups is 2. The maximum atomic E-state index is 9.26. The highest BCUT2D eigenvalue weighted by molar-refractivity contribution is 4.75. The molecular weight excluding hydrogens is 292 g/mol. The lowest BCUT2D eigenvalue weighted by atomic mass is 9.88. The van der Waals surface area contributed by atoms with Gasteiger partial charge in [0.2, 0.25) is 0 Å². The van der Waals surface area contributed by atoms with Crippen molar-refractivity contribution >= 4 is 0 Å². The zero-order valence-electron chi connectivity index (χ0n) is 13.9. The van der Waals surface area contributed by atoms with Gasteiger partial charge in [-0.05, 0) is 6.42 Å². The summed E-state index contributed by atoms with van der Waals surface area (Å²) < 4.78 is 26.2. The quantitative estimate of drug-likeness (QED) is 0.366. The van der Waals surface area contributed by atoms with Gasteiger partial charge in [0, 0.05) is 12.5 Å². The van der Waals surface area contributed by atoms with Gasteiger partial charge in [-0.25, -0.2) is 0 Å². The van der Waals surface area contributed by atoms with Gasteiger partial charge in [0.1, 0.15) is 0 Å². The summed E-state index contributed by atoms with van der Waals surface area (Å²) in [5.41, 5.74) is -0.550. The van der Waals surface area contributed by atoms with Crippen molar-refractivity contribution in [2.75, 3.05) is 79.8 Å². The summed E-state index contributed by atoms with van der Waals surface area (Å²) in [6, 6.07) is 0. The average molecular weight is 324 g/mol. The van der Waals surface area contributed by atoms with E-state index in [0.717, 1.165) is 0 Å². The molecule has 0 aromatic carbocycles. The van der Waals surface area contributed by atoms with E-state index in [1.807, 2.05) is 6.92 Å². The number of ether oxygens (including phenoxy) is 5. The highest BCUT2D eigenvalue weighted by Gasteiger charge is 2.26. The van der Waals surface area contributed by atoms with Crippen LogP contribution in [0, 0.1) is 5.41 Å². The molecular formula is C15H32O7. The molecule has 7 nitrogen and oxygen atoms in total. The maximum absolute atomic E-state index is 9.26. The third kappa shape index (κ3) is 11.3. The Morgan fingerprint density at radius 1 is 0.682 bits per heavy atom. The molecule has 0 saturated heterocycles. The molecule has 0 aromatic rings. The normalized spacial score (nSPS) is 12.0. The fraction of sp³-hybridized carbons (Fsp3) is 1.00. The first-order valence-corrected chi connectivity index (χ1v) is 7.76. The lowest BCUT2D eigenvalue weighted by Crippen LogP contribution is -2.34. The molecule has 0 rings (SSSR count). The monoisotopic (exact) mass is 324 g/mol. The van der Waals surface area contributed by atoms with Gasteiger partial charge in [0.25, 0.3) is 0 Å². The largest absolute Gasteiger partial charge is 0.396 e. The van der Waals surface area contributed by atoms with Crippen molar-refractivity contribution in [2.45, 2.75) is 13.3 Å². The molecule has 22 heavy (non-hydrogen) atoms. The number of hydrogen-bond donors (Lipinski definition) is 2. The van der Waals surface area contributed by atoms with Gasteiger partial charge in [-0.2, -0.15) is 0 Å². The zero-order chi connectivity index (χ0) is 16.5. The van der Waals surface area contributed by atoms with E-state index in [0.29, 0.717) is 65.9 Å². The first-order chi connectivity index (χ1) is 10.7. The molecule has 0 spiro atoms. The second-order valence-corrected chi connectivity index (χ2v) is 5.05. The molecule has 134 valence electrons. The predicted molar refractivity (Wildman–Crippen MR) is 82.0 cm³/mol. The van der Waals surface area contributed by atoms with Crippen LogP contribution in [0.3, 0.4) is 0 Å². The molecule has 0 atom stereocenters. The topological polar surface area (TPSA) is 86.6 Å². The van der Waals surface area contributed by atoms with Crippen molar-refractivity contribution in [1.29, 1.82) is 0 Å². The smallest absolute Gasteiger partial charge is 0.0701 e. The molecule has 7 heteroatoms. The Morgan fingerprint density at radius 2 is 1.09 bits per heavy atom. The van der Waals surface area contributed by atoms with Gasteiger partial charge in [-0.15, -0.1) is 0 Å². The molecule has 0 aliphatic heterocycles. The van der Waals surface area contributed by atoms with Crippen LogP contribution in [0.2, 0.25) is 0 Å². The first-order valence-electron chi connectivity index (χ1n) is 7.76. The van der Waals surface area contributed by atoms with E-state index in [-0.39, 0.29) is 13.2 Å². The summed E-state index contributed by atoms with van der Waals surface area (Å²) in [5.74, 6) is 0. The molecule has 2 N–H and O–H groups in total. The van der Waals surface area contributed by atoms with E-state index in [4.69, 9.17) is 23.7 Å². The Kier molecular flexibility index (Phi) is 15.4. The second-order valence-electron chi connectivity index (χ2n) is 5.05. The molecule has 0 aliphatic carbocycles. The van der Waals surface area contributed by atoms with E-state index in [1.165, 1.54) is 0 Å². The third-order valence-electron chi connectivity index (χ3n) is 3.38. The van der Waals surface area contributed by atoms with E-state index in [9.17, 15) is 10.2 Å². The molecule has 0 saturated carbocycles. The predicted octanol–water partition coefficient (Wildman–Crippen LogP) is 0.0802. The molecule has 0 aliphatic rings. The van der Waals surface area contributed by atoms with Gasteiger partial charge >= 0.3 is 0 Å². The SMILES string of the molecule is CCC(CO)(CO)COCCOCCOCCOCCOC. The third-order valence-corrected chi connectivity index (χ3v) is 3.38. The molecule has 0 bridgehead atoms. The van der Waals surface area contributed by atoms with E-state index < -0.39 is 5.41 Å². The molecule has 0 unspecified atom stereocenters. The summed E-state index contributed by atoms with van der Waals surface area (Å²) in [7, 11) is 1.64. The highest BCUT2D eigenvalue weighted by atomic mass is 16.6. The van der Waals surface area contributed by atoms with Crippen LogP contribution >= 0.6 is 0 Å². The van der Waals surface area contributed by atoms with Crippen molar-refractivity contribution in [3.8, 4) is 0 Å². The number of hydrogen-bond acceptors (Lipinski definition) is 7. The highest BCUT2D eigenvalue weighted by Crippen LogP contribution is 2.20. The lowest BCUT2D eigenvalue weighted by Gasteiger charge is -2.27. The fourth-order valence-corrected chi connectivity index (χ4v) is 1.56. The molecule has 0 fully saturated rings. The van der Waals surface area contributed by atoms with Crippen LogP contribution in [0.15, 0.2) is 0 Å². The Morgan fingerprint density at radius 3 is 1.45 bits per heavy atom. The van der Waals surface area contributed by atoms with Crippen LogP contribution in [0.5, 0.6) is 0 Å². The van der Waals surface area contributed by atoms with Crippen molar-refractivity contribution in [3.05, 3.63) is 0 Å². The van der Waals surface area contributed by atoms with Crippen molar-refractivity contribution in [1.82, 2.24) is 0 Å². The molecule has 0 aromatic heterocycles. The average Bonchev–Trinajstić information content (AvgIpc) is 2.56. The van der Waals surface area contributed by atoms with E-state index in [1.54, 1.807) is 7.11 Å². The molecule has 0 amide bonds. The zero-order valence-corrected chi connectivity index (χ0v) is 13.9. The summed E-state index contributed by atoms with van der Waals surface area (Å²) in [6.07, 6.45) is 0.668. The Hall–Kier alpha value is -0.280. The van der Waals surface area contributed by atoms with E-state index >= 15 is 0 Å². The minimum absolute atomic E-state index is 0.0822. The maximum Gasteiger partial charge on any atom is 0.0701 e. The van der Waals surface area contributed by atoms with Crippen molar-refractivity contribution in [3.63, 3.8) is 0 Å². The summed E-state index contributed by atoms with van der Waals surface area (Å²) in [6.45, 7) is 6.25. The van der Waals surface area contributed by atoms with E-state index in [2.05, 4.69) is 0 Å². The summed E-state index contributed by atoms with van der Waals surface area (Å²) in [5, 5.41) is 18.5. The Bertz CT molecular complexity index is 214. The van der Waals surface area contributed by atoms with Crippen molar-refractivity contribution in [2.24, 2.45) is 5.41 Å². The number of methoxy groups -OCH3 is 1. The number of aliphatic hydroxyl groups excluding tert-OH is 2. The van der Waals surface area contributed by atoms with Gasteiger partial charge in [0.05, 0.1) is 72.7 Å². The van der Waals surface area contributed by atoms with Crippen LogP contribution in [0.4, 0.5) is 0 Å². The van der Waals surface area contributed by atoms with Gasteiger partial charge < -0.3 is 33.9 Å². The summed E-state index contributed by atoms with van der Waals surface area (Å²) >= 11 is 0. The second kappa shape index (κ2) is 15.6. The summed E-state index contributed by atoms with van der Waals surface area (Å²) in [4.78, 5) is 0. The minimum Gasteiger partial charge on any atom is -0.396 e. The standard InChI is InChI=1S/C15H32O7/c1-3-15(12-16,13-17)14-22-11-10-21-9-8-20-7-6-19-5-4-18-2/h16-17H,3-14H2,1-2H3. The van der Waals surface area contributed by atoms with Crippen LogP contribution in [-0.2, 0) is 23.7 Å². The Labute approximate surface area is 133 Å². The van der Waals surface area contributed by atoms with Crippen LogP contribution in [0.1, 0.15) is 13.3 Å². The molecule has 0 heterocycles. The van der Waals surface area contributed by atoms with Crippen LogP contribution in [-0.4, -0.2) is 90.0 Å². The van der Waals surface area contributed by atoms with Crippen LogP contribution in [0.25, 0.3) is 0 Å². The van der Waals surface area contributed by atoms with Crippen molar-refractivity contribution < 1.29 is 33.9 Å². The van der Waals surface area contributed by atoms with Gasteiger partial charge in [-0.3, -0.25) is 0 Å².